The summed E-state index contributed by atoms with van der Waals surface area (Å²) in [6.07, 6.45) is 6.18. The minimum Gasteiger partial charge on any atom is -0.388 e. The van der Waals surface area contributed by atoms with E-state index in [1.165, 1.54) is 0 Å². The molecule has 1 aliphatic carbocycles. The second kappa shape index (κ2) is 5.57. The van der Waals surface area contributed by atoms with Gasteiger partial charge in [0.15, 0.2) is 0 Å². The maximum Gasteiger partial charge on any atom is 0.222 e. The number of aromatic nitrogens is 1. The minimum atomic E-state index is -0.424. The van der Waals surface area contributed by atoms with Gasteiger partial charge in [0.2, 0.25) is 5.91 Å². The zero-order valence-electron chi connectivity index (χ0n) is 11.1. The lowest BCUT2D eigenvalue weighted by Crippen LogP contribution is -2.26. The molecule has 18 heavy (non-hydrogen) atoms. The molecular formula is C14H22N2O2. The van der Waals surface area contributed by atoms with E-state index in [1.807, 2.05) is 36.9 Å². The Balaban J connectivity index is 1.80. The average molecular weight is 250 g/mol. The number of carbonyl (C=O) groups excluding carboxylic acids is 1. The van der Waals surface area contributed by atoms with E-state index in [1.54, 1.807) is 0 Å². The quantitative estimate of drug-likeness (QED) is 0.809. The average Bonchev–Trinajstić information content (AvgIpc) is 3.01. The Morgan fingerprint density at radius 1 is 1.56 bits per heavy atom. The second-order valence-corrected chi connectivity index (χ2v) is 5.46. The van der Waals surface area contributed by atoms with Gasteiger partial charge in [-0.2, -0.15) is 0 Å². The van der Waals surface area contributed by atoms with Gasteiger partial charge in [-0.1, -0.05) is 13.8 Å². The number of nitrogens with one attached hydrogen (secondary N) is 1. The molecule has 1 unspecified atom stereocenters. The molecular weight excluding hydrogens is 228 g/mol. The van der Waals surface area contributed by atoms with Crippen molar-refractivity contribution in [3.63, 3.8) is 0 Å². The van der Waals surface area contributed by atoms with Gasteiger partial charge in [0, 0.05) is 31.4 Å². The zero-order valence-corrected chi connectivity index (χ0v) is 11.1. The van der Waals surface area contributed by atoms with Crippen LogP contribution in [-0.2, 0) is 11.3 Å². The van der Waals surface area contributed by atoms with Gasteiger partial charge in [-0.25, -0.2) is 0 Å². The largest absolute Gasteiger partial charge is 0.388 e. The van der Waals surface area contributed by atoms with Gasteiger partial charge in [0.1, 0.15) is 0 Å². The van der Waals surface area contributed by atoms with Crippen molar-refractivity contribution in [2.24, 2.45) is 5.92 Å². The van der Waals surface area contributed by atoms with Crippen molar-refractivity contribution in [2.75, 3.05) is 0 Å². The predicted molar refractivity (Wildman–Crippen MR) is 70.0 cm³/mol. The van der Waals surface area contributed by atoms with E-state index in [9.17, 15) is 9.90 Å². The Morgan fingerprint density at radius 2 is 2.28 bits per heavy atom. The summed E-state index contributed by atoms with van der Waals surface area (Å²) < 4.78 is 1.97. The summed E-state index contributed by atoms with van der Waals surface area (Å²) >= 11 is 0. The maximum absolute atomic E-state index is 11.5. The summed E-state index contributed by atoms with van der Waals surface area (Å²) in [5, 5.41) is 12.9. The van der Waals surface area contributed by atoms with E-state index in [2.05, 4.69) is 5.32 Å². The van der Waals surface area contributed by atoms with Crippen LogP contribution in [0.3, 0.4) is 0 Å². The fourth-order valence-electron chi connectivity index (χ4n) is 1.92. The highest BCUT2D eigenvalue weighted by atomic mass is 16.3. The molecule has 0 aliphatic heterocycles. The Bertz CT molecular complexity index is 408. The minimum absolute atomic E-state index is 0.122. The number of aryl methyl sites for hydroxylation is 1. The van der Waals surface area contributed by atoms with Crippen LogP contribution < -0.4 is 5.32 Å². The summed E-state index contributed by atoms with van der Waals surface area (Å²) in [7, 11) is 0. The Hall–Kier alpha value is -1.29. The number of nitrogens with zero attached hydrogens (tertiary/aromatic N) is 1. The van der Waals surface area contributed by atoms with Gasteiger partial charge in [-0.3, -0.25) is 4.79 Å². The summed E-state index contributed by atoms with van der Waals surface area (Å²) in [6.45, 7) is 4.65. The van der Waals surface area contributed by atoms with Crippen LogP contribution >= 0.6 is 0 Å². The number of rotatable bonds is 6. The van der Waals surface area contributed by atoms with Crippen molar-refractivity contribution >= 4 is 5.91 Å². The molecule has 1 aromatic rings. The highest BCUT2D eigenvalue weighted by Crippen LogP contribution is 2.21. The molecule has 4 nitrogen and oxygen atoms in total. The van der Waals surface area contributed by atoms with Crippen molar-refractivity contribution in [3.05, 3.63) is 24.0 Å². The van der Waals surface area contributed by atoms with Crippen LogP contribution in [0.4, 0.5) is 0 Å². The molecule has 0 radical (unpaired) electrons. The van der Waals surface area contributed by atoms with Gasteiger partial charge < -0.3 is 15.0 Å². The molecule has 1 amide bonds. The monoisotopic (exact) mass is 250 g/mol. The molecule has 4 heteroatoms. The first-order valence-electron chi connectivity index (χ1n) is 6.69. The number of hydrogen-bond acceptors (Lipinski definition) is 2. The summed E-state index contributed by atoms with van der Waals surface area (Å²) in [5.41, 5.74) is 0.924. The van der Waals surface area contributed by atoms with E-state index in [0.29, 0.717) is 19.0 Å². The lowest BCUT2D eigenvalue weighted by molar-refractivity contribution is -0.121. The molecule has 2 N–H and O–H groups in total. The van der Waals surface area contributed by atoms with E-state index in [0.717, 1.165) is 18.4 Å². The van der Waals surface area contributed by atoms with E-state index in [4.69, 9.17) is 0 Å². The van der Waals surface area contributed by atoms with Crippen molar-refractivity contribution in [1.82, 2.24) is 9.88 Å². The van der Waals surface area contributed by atoms with E-state index in [-0.39, 0.29) is 11.8 Å². The van der Waals surface area contributed by atoms with Crippen LogP contribution in [0.15, 0.2) is 18.5 Å². The third-order valence-electron chi connectivity index (χ3n) is 3.29. The van der Waals surface area contributed by atoms with Crippen LogP contribution in [0.25, 0.3) is 0 Å². The predicted octanol–water partition coefficient (Wildman–Crippen LogP) is 1.85. The Morgan fingerprint density at radius 3 is 2.89 bits per heavy atom. The molecule has 1 aliphatic rings. The fraction of sp³-hybridized carbons (Fsp3) is 0.643. The van der Waals surface area contributed by atoms with Crippen molar-refractivity contribution < 1.29 is 9.90 Å². The molecule has 100 valence electrons. The maximum atomic E-state index is 11.5. The highest BCUT2D eigenvalue weighted by molar-refractivity contribution is 5.76. The molecule has 0 bridgehead atoms. The normalized spacial score (nSPS) is 16.9. The molecule has 0 saturated heterocycles. The topological polar surface area (TPSA) is 54.3 Å². The number of aliphatic hydroxyl groups excluding tert-OH is 1. The summed E-state index contributed by atoms with van der Waals surface area (Å²) in [4.78, 5) is 11.5. The van der Waals surface area contributed by atoms with Gasteiger partial charge >= 0.3 is 0 Å². The van der Waals surface area contributed by atoms with Crippen LogP contribution in [0, 0.1) is 5.92 Å². The fourth-order valence-corrected chi connectivity index (χ4v) is 1.92. The van der Waals surface area contributed by atoms with Crippen LogP contribution in [0.1, 0.15) is 44.8 Å². The lowest BCUT2D eigenvalue weighted by atomic mass is 10.0. The summed E-state index contributed by atoms with van der Waals surface area (Å²) in [6, 6.07) is 2.35. The van der Waals surface area contributed by atoms with Gasteiger partial charge in [0.05, 0.1) is 6.10 Å². The number of aliphatic hydroxyl groups is 1. The Labute approximate surface area is 108 Å². The molecule has 0 aromatic carbocycles. The highest BCUT2D eigenvalue weighted by Gasteiger charge is 2.22. The van der Waals surface area contributed by atoms with Crippen molar-refractivity contribution in [3.8, 4) is 0 Å². The van der Waals surface area contributed by atoms with E-state index < -0.39 is 6.10 Å². The van der Waals surface area contributed by atoms with Crippen molar-refractivity contribution in [1.29, 1.82) is 0 Å². The molecule has 1 atom stereocenters. The molecule has 1 aromatic heterocycles. The first kappa shape index (κ1) is 13.1. The van der Waals surface area contributed by atoms with Crippen LogP contribution in [0.5, 0.6) is 0 Å². The number of amides is 1. The third kappa shape index (κ3) is 3.60. The third-order valence-corrected chi connectivity index (χ3v) is 3.29. The van der Waals surface area contributed by atoms with Crippen molar-refractivity contribution in [2.45, 2.75) is 51.8 Å². The van der Waals surface area contributed by atoms with Crippen LogP contribution in [0.2, 0.25) is 0 Å². The van der Waals surface area contributed by atoms with Gasteiger partial charge in [0.25, 0.3) is 0 Å². The molecule has 2 rings (SSSR count). The van der Waals surface area contributed by atoms with Gasteiger partial charge in [-0.05, 0) is 30.4 Å². The molecule has 0 spiro atoms. The number of hydrogen-bond donors (Lipinski definition) is 2. The Kier molecular flexibility index (Phi) is 4.07. The van der Waals surface area contributed by atoms with Gasteiger partial charge in [-0.15, -0.1) is 0 Å². The molecule has 1 heterocycles. The lowest BCUT2D eigenvalue weighted by Gasteiger charge is -2.12. The SMILES string of the molecule is CC(C)C(O)c1ccn(CCC(=O)NC2CC2)c1. The second-order valence-electron chi connectivity index (χ2n) is 5.46. The van der Waals surface area contributed by atoms with Crippen LogP contribution in [-0.4, -0.2) is 21.6 Å². The first-order valence-corrected chi connectivity index (χ1v) is 6.69. The molecule has 1 fully saturated rings. The smallest absolute Gasteiger partial charge is 0.222 e. The molecule has 1 saturated carbocycles. The zero-order chi connectivity index (χ0) is 13.1. The number of carbonyl (C=O) groups is 1. The first-order chi connectivity index (χ1) is 8.56. The van der Waals surface area contributed by atoms with E-state index >= 15 is 0 Å². The summed E-state index contributed by atoms with van der Waals surface area (Å²) in [5.74, 6) is 0.330. The standard InChI is InChI=1S/C14H22N2O2/c1-10(2)14(18)11-5-7-16(9-11)8-6-13(17)15-12-3-4-12/h5,7,9-10,12,14,18H,3-4,6,8H2,1-2H3,(H,15,17).